The van der Waals surface area contributed by atoms with Gasteiger partial charge in [0.05, 0.1) is 6.54 Å². The molecule has 1 aromatic rings. The number of carbonyl (C=O) groups is 1. The summed E-state index contributed by atoms with van der Waals surface area (Å²) in [6, 6.07) is 0. The molecule has 0 aromatic carbocycles. The van der Waals surface area contributed by atoms with Crippen molar-refractivity contribution in [3.8, 4) is 0 Å². The highest BCUT2D eigenvalue weighted by molar-refractivity contribution is 5.80. The van der Waals surface area contributed by atoms with E-state index in [0.29, 0.717) is 25.0 Å². The molecule has 0 aliphatic rings. The Morgan fingerprint density at radius 2 is 1.67 bits per heavy atom. The Kier molecular flexibility index (Phi) is 6.10. The predicted molar refractivity (Wildman–Crippen MR) is 83.2 cm³/mol. The molecule has 1 amide bonds. The molecule has 9 heteroatoms. The minimum absolute atomic E-state index is 0.0246. The molecule has 0 aliphatic heterocycles. The van der Waals surface area contributed by atoms with Crippen LogP contribution < -0.4 is 21.1 Å². The third-order valence-corrected chi connectivity index (χ3v) is 2.97. The largest absolute Gasteiger partial charge is 0.347 e. The lowest BCUT2D eigenvalue weighted by atomic mass is 10.4. The van der Waals surface area contributed by atoms with E-state index in [1.807, 2.05) is 27.9 Å². The van der Waals surface area contributed by atoms with Crippen molar-refractivity contribution in [3.63, 3.8) is 0 Å². The first-order valence-electron chi connectivity index (χ1n) is 6.81. The molecule has 0 saturated heterocycles. The van der Waals surface area contributed by atoms with Crippen molar-refractivity contribution >= 4 is 23.8 Å². The van der Waals surface area contributed by atoms with Gasteiger partial charge in [-0.15, -0.1) is 0 Å². The number of aromatic nitrogens is 3. The van der Waals surface area contributed by atoms with E-state index in [4.69, 9.17) is 5.84 Å². The highest BCUT2D eigenvalue weighted by Crippen LogP contribution is 2.13. The summed E-state index contributed by atoms with van der Waals surface area (Å²) in [5, 5.41) is 0. The first-order chi connectivity index (χ1) is 9.92. The third kappa shape index (κ3) is 4.42. The lowest BCUT2D eigenvalue weighted by Gasteiger charge is -2.23. The minimum atomic E-state index is 0.0246. The van der Waals surface area contributed by atoms with Crippen LogP contribution in [0, 0.1) is 0 Å². The van der Waals surface area contributed by atoms with Crippen molar-refractivity contribution in [2.75, 3.05) is 56.0 Å². The zero-order valence-electron chi connectivity index (χ0n) is 13.3. The number of hydrogen-bond donors (Lipinski definition) is 2. The van der Waals surface area contributed by atoms with Gasteiger partial charge < -0.3 is 14.7 Å². The lowest BCUT2D eigenvalue weighted by molar-refractivity contribution is -0.129. The van der Waals surface area contributed by atoms with Gasteiger partial charge in [-0.1, -0.05) is 0 Å². The maximum atomic E-state index is 12.1. The Balaban J connectivity index is 2.93. The maximum Gasteiger partial charge on any atom is 0.243 e. The number of rotatable bonds is 7. The molecule has 0 fully saturated rings. The number of likely N-dealkylation sites (N-methyl/N-ethyl adjacent to an activating group) is 2. The zero-order valence-corrected chi connectivity index (χ0v) is 13.3. The Morgan fingerprint density at radius 3 is 2.14 bits per heavy atom. The second-order valence-corrected chi connectivity index (χ2v) is 4.72. The predicted octanol–water partition coefficient (Wildman–Crippen LogP) is -0.472. The normalized spacial score (nSPS) is 10.2. The molecular formula is C12H24N8O. The van der Waals surface area contributed by atoms with Gasteiger partial charge in [0.2, 0.25) is 23.8 Å². The van der Waals surface area contributed by atoms with Crippen LogP contribution in [0.4, 0.5) is 17.8 Å². The Morgan fingerprint density at radius 1 is 1.10 bits per heavy atom. The second-order valence-electron chi connectivity index (χ2n) is 4.72. The van der Waals surface area contributed by atoms with Crippen molar-refractivity contribution in [3.05, 3.63) is 0 Å². The van der Waals surface area contributed by atoms with Crippen LogP contribution in [0.5, 0.6) is 0 Å². The summed E-state index contributed by atoms with van der Waals surface area (Å²) in [6.07, 6.45) is 0. The zero-order chi connectivity index (χ0) is 16.0. The Hall–Kier alpha value is -2.16. The maximum absolute atomic E-state index is 12.1. The number of nitrogens with one attached hydrogen (secondary N) is 1. The van der Waals surface area contributed by atoms with Crippen LogP contribution >= 0.6 is 0 Å². The number of hydrogen-bond acceptors (Lipinski definition) is 8. The summed E-state index contributed by atoms with van der Waals surface area (Å²) in [6.45, 7) is 5.45. The van der Waals surface area contributed by atoms with E-state index in [0.717, 1.165) is 0 Å². The first-order valence-corrected chi connectivity index (χ1v) is 6.81. The summed E-state index contributed by atoms with van der Waals surface area (Å²) < 4.78 is 0. The fourth-order valence-electron chi connectivity index (χ4n) is 1.74. The number of nitrogens with two attached hydrogens (primary N) is 1. The van der Waals surface area contributed by atoms with E-state index < -0.39 is 0 Å². The van der Waals surface area contributed by atoms with E-state index in [-0.39, 0.29) is 18.4 Å². The molecule has 0 bridgehead atoms. The van der Waals surface area contributed by atoms with Crippen LogP contribution in [0.3, 0.4) is 0 Å². The van der Waals surface area contributed by atoms with Crippen LogP contribution in [0.2, 0.25) is 0 Å². The number of nitrogens with zero attached hydrogens (tertiary/aromatic N) is 6. The number of amides is 1. The second kappa shape index (κ2) is 7.58. The van der Waals surface area contributed by atoms with E-state index in [1.54, 1.807) is 21.7 Å². The molecule has 118 valence electrons. The lowest BCUT2D eigenvalue weighted by Crippen LogP contribution is -2.39. The standard InChI is InChI=1S/C12H24N8O/c1-6-20(7-2)9(21)8-19(5)12-15-10(17-13)14-11(16-12)18(3)4/h6-8,13H2,1-5H3,(H,14,15,16,17). The number of hydrazine groups is 1. The van der Waals surface area contributed by atoms with Crippen LogP contribution in [-0.2, 0) is 4.79 Å². The average Bonchev–Trinajstić information content (AvgIpc) is 2.47. The highest BCUT2D eigenvalue weighted by atomic mass is 16.2. The minimum Gasteiger partial charge on any atom is -0.347 e. The topological polar surface area (TPSA) is 104 Å². The smallest absolute Gasteiger partial charge is 0.243 e. The van der Waals surface area contributed by atoms with E-state index in [9.17, 15) is 4.79 Å². The summed E-state index contributed by atoms with van der Waals surface area (Å²) >= 11 is 0. The van der Waals surface area contributed by atoms with Gasteiger partial charge in [0, 0.05) is 34.2 Å². The van der Waals surface area contributed by atoms with Gasteiger partial charge in [0.15, 0.2) is 0 Å². The quantitative estimate of drug-likeness (QED) is 0.514. The molecular weight excluding hydrogens is 272 g/mol. The molecule has 0 atom stereocenters. The van der Waals surface area contributed by atoms with E-state index >= 15 is 0 Å². The van der Waals surface area contributed by atoms with Crippen LogP contribution in [0.25, 0.3) is 0 Å². The third-order valence-electron chi connectivity index (χ3n) is 2.97. The van der Waals surface area contributed by atoms with Crippen LogP contribution in [0.15, 0.2) is 0 Å². The van der Waals surface area contributed by atoms with E-state index in [2.05, 4.69) is 20.4 Å². The fraction of sp³-hybridized carbons (Fsp3) is 0.667. The van der Waals surface area contributed by atoms with Crippen molar-refractivity contribution in [1.82, 2.24) is 19.9 Å². The molecule has 9 nitrogen and oxygen atoms in total. The number of nitrogen functional groups attached to an aromatic ring is 1. The average molecular weight is 296 g/mol. The molecule has 21 heavy (non-hydrogen) atoms. The Bertz CT molecular complexity index is 474. The van der Waals surface area contributed by atoms with Crippen molar-refractivity contribution < 1.29 is 4.79 Å². The molecule has 1 rings (SSSR count). The molecule has 0 unspecified atom stereocenters. The van der Waals surface area contributed by atoms with Gasteiger partial charge in [-0.05, 0) is 13.8 Å². The van der Waals surface area contributed by atoms with Crippen molar-refractivity contribution in [1.29, 1.82) is 0 Å². The monoisotopic (exact) mass is 296 g/mol. The molecule has 3 N–H and O–H groups in total. The van der Waals surface area contributed by atoms with Gasteiger partial charge >= 0.3 is 0 Å². The van der Waals surface area contributed by atoms with Gasteiger partial charge in [-0.3, -0.25) is 10.2 Å². The van der Waals surface area contributed by atoms with Crippen molar-refractivity contribution in [2.24, 2.45) is 5.84 Å². The summed E-state index contributed by atoms with van der Waals surface area (Å²) in [4.78, 5) is 29.9. The first kappa shape index (κ1) is 16.9. The number of carbonyl (C=O) groups excluding carboxylic acids is 1. The van der Waals surface area contributed by atoms with Gasteiger partial charge in [0.1, 0.15) is 0 Å². The molecule has 0 aliphatic carbocycles. The SMILES string of the molecule is CCN(CC)C(=O)CN(C)c1nc(NN)nc(N(C)C)n1. The molecule has 0 saturated carbocycles. The summed E-state index contributed by atoms with van der Waals surface area (Å²) in [7, 11) is 5.40. The molecule has 0 radical (unpaired) electrons. The Labute approximate surface area is 125 Å². The molecule has 1 heterocycles. The van der Waals surface area contributed by atoms with Gasteiger partial charge in [-0.2, -0.15) is 15.0 Å². The van der Waals surface area contributed by atoms with Gasteiger partial charge in [0.25, 0.3) is 0 Å². The summed E-state index contributed by atoms with van der Waals surface area (Å²) in [5.41, 5.74) is 2.41. The number of anilines is 3. The van der Waals surface area contributed by atoms with Gasteiger partial charge in [-0.25, -0.2) is 5.84 Å². The highest BCUT2D eigenvalue weighted by Gasteiger charge is 2.16. The van der Waals surface area contributed by atoms with E-state index in [1.165, 1.54) is 0 Å². The molecule has 0 spiro atoms. The van der Waals surface area contributed by atoms with Crippen molar-refractivity contribution in [2.45, 2.75) is 13.8 Å². The van der Waals surface area contributed by atoms with Crippen LogP contribution in [0.1, 0.15) is 13.8 Å². The fourth-order valence-corrected chi connectivity index (χ4v) is 1.74. The summed E-state index contributed by atoms with van der Waals surface area (Å²) in [5.74, 6) is 6.50. The van der Waals surface area contributed by atoms with Crippen LogP contribution in [-0.4, -0.2) is 66.5 Å². The molecule has 1 aromatic heterocycles.